The summed E-state index contributed by atoms with van der Waals surface area (Å²) in [6.07, 6.45) is 2.37. The summed E-state index contributed by atoms with van der Waals surface area (Å²) in [5, 5.41) is 6.93. The predicted molar refractivity (Wildman–Crippen MR) is 85.7 cm³/mol. The number of rotatable bonds is 2. The number of nitrogens with one attached hydrogen (secondary N) is 1. The van der Waals surface area contributed by atoms with Crippen molar-refractivity contribution in [2.45, 2.75) is 25.8 Å². The highest BCUT2D eigenvalue weighted by Crippen LogP contribution is 2.40. The largest absolute Gasteiger partial charge is 0.314 e. The van der Waals surface area contributed by atoms with E-state index >= 15 is 0 Å². The Hall–Kier alpha value is -0.750. The quantitative estimate of drug-likeness (QED) is 0.924. The summed E-state index contributed by atoms with van der Waals surface area (Å²) in [6.45, 7) is 6.78. The van der Waals surface area contributed by atoms with E-state index < -0.39 is 0 Å². The third-order valence-corrected chi connectivity index (χ3v) is 6.62. The molecule has 106 valence electrons. The van der Waals surface area contributed by atoms with Crippen molar-refractivity contribution in [1.82, 2.24) is 15.2 Å². The summed E-state index contributed by atoms with van der Waals surface area (Å²) in [6, 6.07) is 2.70. The zero-order valence-electron chi connectivity index (χ0n) is 11.7. The van der Waals surface area contributed by atoms with E-state index in [0.29, 0.717) is 6.04 Å². The second kappa shape index (κ2) is 5.22. The first-order chi connectivity index (χ1) is 9.83. The number of thiophene rings is 1. The lowest BCUT2D eigenvalue weighted by Crippen LogP contribution is -2.44. The van der Waals surface area contributed by atoms with Crippen LogP contribution in [0.1, 0.15) is 27.7 Å². The predicted octanol–water partition coefficient (Wildman–Crippen LogP) is 2.94. The molecule has 0 radical (unpaired) electrons. The highest BCUT2D eigenvalue weighted by atomic mass is 32.1. The third kappa shape index (κ3) is 2.13. The highest BCUT2D eigenvalue weighted by molar-refractivity contribution is 7.12. The second-order valence-corrected chi connectivity index (χ2v) is 7.66. The fourth-order valence-electron chi connectivity index (χ4n) is 3.13. The molecule has 0 bridgehead atoms. The van der Waals surface area contributed by atoms with Crippen molar-refractivity contribution in [2.75, 3.05) is 26.2 Å². The number of thiazole rings is 1. The van der Waals surface area contributed by atoms with Gasteiger partial charge in [0.25, 0.3) is 0 Å². The van der Waals surface area contributed by atoms with Gasteiger partial charge in [0.05, 0.1) is 11.7 Å². The molecule has 2 aliphatic rings. The molecule has 4 rings (SSSR count). The molecule has 2 aromatic heterocycles. The molecular formula is C15H19N3S2. The van der Waals surface area contributed by atoms with Gasteiger partial charge in [-0.15, -0.1) is 22.7 Å². The van der Waals surface area contributed by atoms with Gasteiger partial charge in [0, 0.05) is 41.5 Å². The van der Waals surface area contributed by atoms with Crippen LogP contribution < -0.4 is 5.32 Å². The molecule has 1 saturated heterocycles. The van der Waals surface area contributed by atoms with Gasteiger partial charge in [-0.2, -0.15) is 0 Å². The molecule has 1 fully saturated rings. The minimum atomic E-state index is 0.454. The lowest BCUT2D eigenvalue weighted by molar-refractivity contribution is 0.185. The maximum atomic E-state index is 5.00. The SMILES string of the molecule is CC(c1nc2c(s1)CCc1sccc1-2)N1CCNCC1. The summed E-state index contributed by atoms with van der Waals surface area (Å²) in [5.74, 6) is 0. The molecule has 0 aromatic carbocycles. The average Bonchev–Trinajstić information content (AvgIpc) is 3.12. The minimum absolute atomic E-state index is 0.454. The normalized spacial score (nSPS) is 20.4. The maximum absolute atomic E-state index is 5.00. The van der Waals surface area contributed by atoms with Crippen LogP contribution >= 0.6 is 22.7 Å². The first kappa shape index (κ1) is 13.0. The molecule has 0 spiro atoms. The van der Waals surface area contributed by atoms with E-state index in [9.17, 15) is 0 Å². The van der Waals surface area contributed by atoms with Gasteiger partial charge < -0.3 is 5.32 Å². The van der Waals surface area contributed by atoms with E-state index in [-0.39, 0.29) is 0 Å². The van der Waals surface area contributed by atoms with Gasteiger partial charge in [-0.3, -0.25) is 4.90 Å². The molecule has 20 heavy (non-hydrogen) atoms. The zero-order valence-corrected chi connectivity index (χ0v) is 13.3. The van der Waals surface area contributed by atoms with Crippen LogP contribution in [-0.4, -0.2) is 36.1 Å². The van der Waals surface area contributed by atoms with E-state index in [1.807, 2.05) is 22.7 Å². The molecular weight excluding hydrogens is 286 g/mol. The molecule has 1 unspecified atom stereocenters. The fraction of sp³-hybridized carbons (Fsp3) is 0.533. The summed E-state index contributed by atoms with van der Waals surface area (Å²) in [7, 11) is 0. The first-order valence-electron chi connectivity index (χ1n) is 7.34. The van der Waals surface area contributed by atoms with Crippen LogP contribution in [0, 0.1) is 0 Å². The zero-order chi connectivity index (χ0) is 13.5. The third-order valence-electron chi connectivity index (χ3n) is 4.35. The molecule has 1 aliphatic heterocycles. The summed E-state index contributed by atoms with van der Waals surface area (Å²) >= 11 is 3.82. The molecule has 1 aliphatic carbocycles. The molecule has 3 heterocycles. The molecule has 1 N–H and O–H groups in total. The average molecular weight is 305 g/mol. The van der Waals surface area contributed by atoms with Crippen LogP contribution in [0.25, 0.3) is 11.3 Å². The Bertz CT molecular complexity index is 610. The van der Waals surface area contributed by atoms with Crippen LogP contribution in [0.2, 0.25) is 0 Å². The van der Waals surface area contributed by atoms with E-state index in [4.69, 9.17) is 4.98 Å². The lowest BCUT2D eigenvalue weighted by atomic mass is 10.0. The van der Waals surface area contributed by atoms with Crippen LogP contribution in [0.3, 0.4) is 0 Å². The van der Waals surface area contributed by atoms with Crippen molar-refractivity contribution in [1.29, 1.82) is 0 Å². The van der Waals surface area contributed by atoms with Gasteiger partial charge in [0.15, 0.2) is 0 Å². The van der Waals surface area contributed by atoms with Gasteiger partial charge in [0.2, 0.25) is 0 Å². The smallest absolute Gasteiger partial charge is 0.110 e. The van der Waals surface area contributed by atoms with E-state index in [2.05, 4.69) is 28.6 Å². The van der Waals surface area contributed by atoms with Gasteiger partial charge in [-0.1, -0.05) is 0 Å². The Balaban J connectivity index is 1.65. The number of fused-ring (bicyclic) bond motifs is 3. The van der Waals surface area contributed by atoms with Crippen LogP contribution in [-0.2, 0) is 12.8 Å². The monoisotopic (exact) mass is 305 g/mol. The molecule has 0 amide bonds. The first-order valence-corrected chi connectivity index (χ1v) is 9.03. The topological polar surface area (TPSA) is 28.2 Å². The van der Waals surface area contributed by atoms with Crippen molar-refractivity contribution in [3.8, 4) is 11.3 Å². The molecule has 3 nitrogen and oxygen atoms in total. The second-order valence-electron chi connectivity index (χ2n) is 5.54. The maximum Gasteiger partial charge on any atom is 0.110 e. The standard InChI is InChI=1S/C15H19N3S2/c1-10(18-7-5-16-6-8-18)15-17-14-11-4-9-19-12(11)2-3-13(14)20-15/h4,9-10,16H,2-3,5-8H2,1H3. The lowest BCUT2D eigenvalue weighted by Gasteiger charge is -2.31. The number of nitrogens with zero attached hydrogens (tertiary/aromatic N) is 2. The number of aryl methyl sites for hydroxylation is 2. The van der Waals surface area contributed by atoms with Crippen molar-refractivity contribution in [2.24, 2.45) is 0 Å². The number of aromatic nitrogens is 1. The van der Waals surface area contributed by atoms with Crippen LogP contribution in [0.15, 0.2) is 11.4 Å². The molecule has 0 saturated carbocycles. The van der Waals surface area contributed by atoms with Gasteiger partial charge >= 0.3 is 0 Å². The summed E-state index contributed by atoms with van der Waals surface area (Å²) < 4.78 is 0. The Kier molecular flexibility index (Phi) is 3.38. The molecule has 1 atom stereocenters. The Morgan fingerprint density at radius 2 is 2.05 bits per heavy atom. The minimum Gasteiger partial charge on any atom is -0.314 e. The summed E-state index contributed by atoms with van der Waals surface area (Å²) in [4.78, 5) is 10.6. The highest BCUT2D eigenvalue weighted by Gasteiger charge is 2.26. The van der Waals surface area contributed by atoms with Gasteiger partial charge in [-0.05, 0) is 31.2 Å². The van der Waals surface area contributed by atoms with E-state index in [0.717, 1.165) is 26.2 Å². The van der Waals surface area contributed by atoms with Crippen molar-refractivity contribution < 1.29 is 0 Å². The van der Waals surface area contributed by atoms with Crippen molar-refractivity contribution in [3.63, 3.8) is 0 Å². The van der Waals surface area contributed by atoms with Gasteiger partial charge in [-0.25, -0.2) is 4.98 Å². The number of hydrogen-bond donors (Lipinski definition) is 1. The van der Waals surface area contributed by atoms with Crippen molar-refractivity contribution in [3.05, 3.63) is 26.2 Å². The van der Waals surface area contributed by atoms with E-state index in [1.54, 1.807) is 0 Å². The fourth-order valence-corrected chi connectivity index (χ4v) is 5.17. The molecule has 5 heteroatoms. The Morgan fingerprint density at radius 1 is 1.25 bits per heavy atom. The van der Waals surface area contributed by atoms with Crippen LogP contribution in [0.5, 0.6) is 0 Å². The molecule has 2 aromatic rings. The number of hydrogen-bond acceptors (Lipinski definition) is 5. The van der Waals surface area contributed by atoms with Crippen LogP contribution in [0.4, 0.5) is 0 Å². The number of piperazine rings is 1. The van der Waals surface area contributed by atoms with Gasteiger partial charge in [0.1, 0.15) is 5.01 Å². The Labute approximate surface area is 127 Å². The Morgan fingerprint density at radius 3 is 2.90 bits per heavy atom. The van der Waals surface area contributed by atoms with E-state index in [1.165, 1.54) is 38.9 Å². The van der Waals surface area contributed by atoms with Crippen molar-refractivity contribution >= 4 is 22.7 Å². The summed E-state index contributed by atoms with van der Waals surface area (Å²) in [5.41, 5.74) is 2.67.